The van der Waals surface area contributed by atoms with E-state index in [9.17, 15) is 9.59 Å². The number of hydrogen-bond donors (Lipinski definition) is 2. The number of ether oxygens (including phenoxy) is 1. The van der Waals surface area contributed by atoms with E-state index < -0.39 is 6.04 Å². The maximum atomic E-state index is 12.3. The summed E-state index contributed by atoms with van der Waals surface area (Å²) in [7, 11) is 0. The highest BCUT2D eigenvalue weighted by Gasteiger charge is 2.18. The van der Waals surface area contributed by atoms with Crippen LogP contribution in [0.15, 0.2) is 54.6 Å². The monoisotopic (exact) mass is 353 g/mol. The van der Waals surface area contributed by atoms with Gasteiger partial charge in [0.05, 0.1) is 0 Å². The fourth-order valence-electron chi connectivity index (χ4n) is 2.90. The molecule has 2 aromatic rings. The van der Waals surface area contributed by atoms with Gasteiger partial charge in [-0.25, -0.2) is 0 Å². The van der Waals surface area contributed by atoms with E-state index in [1.165, 1.54) is 0 Å². The summed E-state index contributed by atoms with van der Waals surface area (Å²) in [5.74, 6) is 0.216. The summed E-state index contributed by atoms with van der Waals surface area (Å²) in [6.45, 7) is 1.60. The van der Waals surface area contributed by atoms with Crippen molar-refractivity contribution < 1.29 is 14.3 Å². The molecule has 6 heteroatoms. The van der Waals surface area contributed by atoms with Crippen LogP contribution in [0.4, 0.5) is 5.69 Å². The molecule has 2 aromatic carbocycles. The van der Waals surface area contributed by atoms with Crippen LogP contribution in [0.5, 0.6) is 5.75 Å². The molecular formula is C20H23N3O3. The largest absolute Gasteiger partial charge is 0.484 e. The Labute approximate surface area is 152 Å². The zero-order valence-corrected chi connectivity index (χ0v) is 14.6. The van der Waals surface area contributed by atoms with Crippen molar-refractivity contribution >= 4 is 17.5 Å². The van der Waals surface area contributed by atoms with Gasteiger partial charge in [0.1, 0.15) is 11.8 Å². The summed E-state index contributed by atoms with van der Waals surface area (Å²) in [6, 6.07) is 15.4. The van der Waals surface area contributed by atoms with Crippen LogP contribution in [-0.4, -0.2) is 36.4 Å². The molecule has 3 N–H and O–H groups in total. The fraction of sp³-hybridized carbons (Fsp3) is 0.300. The lowest BCUT2D eigenvalue weighted by Gasteiger charge is -2.16. The van der Waals surface area contributed by atoms with E-state index in [1.54, 1.807) is 24.3 Å². The first-order chi connectivity index (χ1) is 12.6. The highest BCUT2D eigenvalue weighted by atomic mass is 16.5. The van der Waals surface area contributed by atoms with Gasteiger partial charge in [-0.2, -0.15) is 0 Å². The Kier molecular flexibility index (Phi) is 5.86. The number of hydrogen-bond acceptors (Lipinski definition) is 4. The molecule has 136 valence electrons. The molecule has 1 heterocycles. The lowest BCUT2D eigenvalue weighted by atomic mass is 10.1. The normalized spacial score (nSPS) is 14.7. The Morgan fingerprint density at radius 3 is 2.54 bits per heavy atom. The Morgan fingerprint density at radius 2 is 1.81 bits per heavy atom. The molecule has 1 aliphatic rings. The van der Waals surface area contributed by atoms with Crippen LogP contribution in [0.2, 0.25) is 0 Å². The molecule has 0 bridgehead atoms. The van der Waals surface area contributed by atoms with Crippen molar-refractivity contribution in [3.8, 4) is 5.75 Å². The molecule has 0 aliphatic carbocycles. The van der Waals surface area contributed by atoms with Crippen molar-refractivity contribution in [2.75, 3.05) is 25.0 Å². The second kappa shape index (κ2) is 8.49. The second-order valence-electron chi connectivity index (χ2n) is 6.28. The van der Waals surface area contributed by atoms with Gasteiger partial charge < -0.3 is 20.7 Å². The molecule has 3 rings (SSSR count). The summed E-state index contributed by atoms with van der Waals surface area (Å²) in [6.07, 6.45) is 2.10. The number of carbonyl (C=O) groups excluding carboxylic acids is 2. The molecule has 0 radical (unpaired) electrons. The Balaban J connectivity index is 1.56. The lowest BCUT2D eigenvalue weighted by molar-refractivity contribution is -0.132. The first-order valence-corrected chi connectivity index (χ1v) is 8.75. The summed E-state index contributed by atoms with van der Waals surface area (Å²) < 4.78 is 5.57. The minimum Gasteiger partial charge on any atom is -0.484 e. The Morgan fingerprint density at radius 1 is 1.08 bits per heavy atom. The third-order valence-corrected chi connectivity index (χ3v) is 4.36. The molecule has 1 saturated heterocycles. The highest BCUT2D eigenvalue weighted by molar-refractivity contribution is 5.95. The van der Waals surface area contributed by atoms with Gasteiger partial charge in [-0.05, 0) is 30.5 Å². The smallest absolute Gasteiger partial charge is 0.260 e. The van der Waals surface area contributed by atoms with Crippen molar-refractivity contribution in [2.45, 2.75) is 18.9 Å². The number of anilines is 1. The number of rotatable bonds is 6. The standard InChI is InChI=1S/C20H23N3O3/c21-19(15-7-2-1-3-8-15)20(25)22-16-9-6-10-17(13-16)26-14-18(24)23-11-4-5-12-23/h1-3,6-10,13,19H,4-5,11-12,14,21H2,(H,22,25). The number of benzene rings is 2. The molecule has 1 atom stereocenters. The third kappa shape index (κ3) is 4.61. The third-order valence-electron chi connectivity index (χ3n) is 4.36. The Hall–Kier alpha value is -2.86. The van der Waals surface area contributed by atoms with Crippen LogP contribution in [-0.2, 0) is 9.59 Å². The average molecular weight is 353 g/mol. The zero-order valence-electron chi connectivity index (χ0n) is 14.6. The summed E-state index contributed by atoms with van der Waals surface area (Å²) >= 11 is 0. The van der Waals surface area contributed by atoms with Crippen molar-refractivity contribution in [1.82, 2.24) is 4.90 Å². The molecule has 1 fully saturated rings. The highest BCUT2D eigenvalue weighted by Crippen LogP contribution is 2.19. The second-order valence-corrected chi connectivity index (χ2v) is 6.28. The molecule has 1 aliphatic heterocycles. The predicted octanol–water partition coefficient (Wildman–Crippen LogP) is 2.33. The quantitative estimate of drug-likeness (QED) is 0.835. The van der Waals surface area contributed by atoms with Gasteiger partial charge in [0.2, 0.25) is 5.91 Å². The van der Waals surface area contributed by atoms with Gasteiger partial charge in [-0.15, -0.1) is 0 Å². The van der Waals surface area contributed by atoms with Gasteiger partial charge in [0, 0.05) is 24.8 Å². The van der Waals surface area contributed by atoms with Gasteiger partial charge in [-0.3, -0.25) is 9.59 Å². The van der Waals surface area contributed by atoms with Gasteiger partial charge in [0.25, 0.3) is 5.91 Å². The number of likely N-dealkylation sites (tertiary alicyclic amines) is 1. The predicted molar refractivity (Wildman–Crippen MR) is 99.8 cm³/mol. The van der Waals surface area contributed by atoms with Crippen LogP contribution in [0, 0.1) is 0 Å². The van der Waals surface area contributed by atoms with Crippen molar-refractivity contribution in [3.05, 3.63) is 60.2 Å². The van der Waals surface area contributed by atoms with Crippen LogP contribution < -0.4 is 15.8 Å². The Bertz CT molecular complexity index is 758. The van der Waals surface area contributed by atoms with E-state index in [2.05, 4.69) is 5.32 Å². The van der Waals surface area contributed by atoms with Gasteiger partial charge in [-0.1, -0.05) is 36.4 Å². The van der Waals surface area contributed by atoms with Crippen molar-refractivity contribution in [3.63, 3.8) is 0 Å². The SMILES string of the molecule is NC(C(=O)Nc1cccc(OCC(=O)N2CCCC2)c1)c1ccccc1. The van der Waals surface area contributed by atoms with Crippen LogP contribution in [0.1, 0.15) is 24.4 Å². The molecule has 0 spiro atoms. The van der Waals surface area contributed by atoms with E-state index in [4.69, 9.17) is 10.5 Å². The average Bonchev–Trinajstić information content (AvgIpc) is 3.21. The molecule has 26 heavy (non-hydrogen) atoms. The summed E-state index contributed by atoms with van der Waals surface area (Å²) in [4.78, 5) is 26.2. The summed E-state index contributed by atoms with van der Waals surface area (Å²) in [5, 5.41) is 2.78. The van der Waals surface area contributed by atoms with Crippen molar-refractivity contribution in [2.24, 2.45) is 5.73 Å². The fourth-order valence-corrected chi connectivity index (χ4v) is 2.90. The molecule has 1 unspecified atom stereocenters. The zero-order chi connectivity index (χ0) is 18.4. The summed E-state index contributed by atoms with van der Waals surface area (Å²) in [5.41, 5.74) is 7.32. The number of nitrogens with one attached hydrogen (secondary N) is 1. The first-order valence-electron chi connectivity index (χ1n) is 8.75. The molecule has 0 aromatic heterocycles. The minimum atomic E-state index is -0.752. The molecule has 2 amide bonds. The number of nitrogens with zero attached hydrogens (tertiary/aromatic N) is 1. The van der Waals surface area contributed by atoms with Gasteiger partial charge >= 0.3 is 0 Å². The van der Waals surface area contributed by atoms with Crippen LogP contribution >= 0.6 is 0 Å². The van der Waals surface area contributed by atoms with E-state index in [0.29, 0.717) is 11.4 Å². The number of carbonyl (C=O) groups is 2. The van der Waals surface area contributed by atoms with E-state index in [-0.39, 0.29) is 18.4 Å². The van der Waals surface area contributed by atoms with Crippen LogP contribution in [0.25, 0.3) is 0 Å². The van der Waals surface area contributed by atoms with E-state index in [1.807, 2.05) is 35.2 Å². The van der Waals surface area contributed by atoms with Crippen LogP contribution in [0.3, 0.4) is 0 Å². The molecule has 0 saturated carbocycles. The number of amides is 2. The topological polar surface area (TPSA) is 84.7 Å². The maximum Gasteiger partial charge on any atom is 0.260 e. The lowest BCUT2D eigenvalue weighted by Crippen LogP contribution is -2.32. The first kappa shape index (κ1) is 17.9. The molecular weight excluding hydrogens is 330 g/mol. The minimum absolute atomic E-state index is 0.000922. The van der Waals surface area contributed by atoms with Gasteiger partial charge in [0.15, 0.2) is 6.61 Å². The van der Waals surface area contributed by atoms with E-state index >= 15 is 0 Å². The number of nitrogens with two attached hydrogens (primary N) is 1. The maximum absolute atomic E-state index is 12.3. The van der Waals surface area contributed by atoms with E-state index in [0.717, 1.165) is 31.5 Å². The van der Waals surface area contributed by atoms with Crippen molar-refractivity contribution in [1.29, 1.82) is 0 Å². The molecule has 6 nitrogen and oxygen atoms in total.